The molecule has 0 saturated heterocycles. The Hall–Kier alpha value is -1.02. The molecule has 0 aliphatic carbocycles. The van der Waals surface area contributed by atoms with Gasteiger partial charge < -0.3 is 10.6 Å². The van der Waals surface area contributed by atoms with E-state index in [9.17, 15) is 0 Å². The largest absolute Gasteiger partial charge is 0.384 e. The molecule has 0 saturated carbocycles. The Kier molecular flexibility index (Phi) is 4.15. The first kappa shape index (κ1) is 12.1. The van der Waals surface area contributed by atoms with Crippen LogP contribution in [0.1, 0.15) is 26.3 Å². The summed E-state index contributed by atoms with van der Waals surface area (Å²) in [5.41, 5.74) is 2.81. The highest BCUT2D eigenvalue weighted by atomic mass is 14.9. The molecule has 15 heavy (non-hydrogen) atoms. The van der Waals surface area contributed by atoms with Gasteiger partial charge in [0.2, 0.25) is 0 Å². The molecule has 0 aromatic heterocycles. The van der Waals surface area contributed by atoms with Gasteiger partial charge in [0.05, 0.1) is 0 Å². The van der Waals surface area contributed by atoms with Crippen molar-refractivity contribution in [2.45, 2.75) is 26.2 Å². The van der Waals surface area contributed by atoms with Crippen molar-refractivity contribution in [2.24, 2.45) is 0 Å². The molecular weight excluding hydrogens is 184 g/mol. The third kappa shape index (κ3) is 3.92. The first-order valence-electron chi connectivity index (χ1n) is 5.53. The summed E-state index contributed by atoms with van der Waals surface area (Å²) in [4.78, 5) is 0. The zero-order valence-electron chi connectivity index (χ0n) is 10.2. The molecule has 1 rings (SSSR count). The SMILES string of the molecule is CNCCNc1ccc(C(C)(C)C)cc1. The molecule has 0 heterocycles. The van der Waals surface area contributed by atoms with Crippen molar-refractivity contribution in [1.82, 2.24) is 5.32 Å². The summed E-state index contributed by atoms with van der Waals surface area (Å²) in [6.45, 7) is 8.65. The van der Waals surface area contributed by atoms with Crippen LogP contribution >= 0.6 is 0 Å². The Balaban J connectivity index is 2.57. The fourth-order valence-corrected chi connectivity index (χ4v) is 1.42. The second kappa shape index (κ2) is 5.17. The molecule has 2 nitrogen and oxygen atoms in total. The van der Waals surface area contributed by atoms with Crippen LogP contribution < -0.4 is 10.6 Å². The van der Waals surface area contributed by atoms with Crippen molar-refractivity contribution in [3.05, 3.63) is 29.8 Å². The quantitative estimate of drug-likeness (QED) is 0.740. The molecular formula is C13H22N2. The second-order valence-corrected chi connectivity index (χ2v) is 4.86. The third-order valence-electron chi connectivity index (χ3n) is 2.46. The van der Waals surface area contributed by atoms with Crippen molar-refractivity contribution >= 4 is 5.69 Å². The van der Waals surface area contributed by atoms with Crippen LogP contribution in [0.15, 0.2) is 24.3 Å². The van der Waals surface area contributed by atoms with Gasteiger partial charge in [0.25, 0.3) is 0 Å². The van der Waals surface area contributed by atoms with Crippen LogP contribution in [0.4, 0.5) is 5.69 Å². The molecule has 0 fully saturated rings. The van der Waals surface area contributed by atoms with Crippen LogP contribution in [0.5, 0.6) is 0 Å². The molecule has 0 spiro atoms. The summed E-state index contributed by atoms with van der Waals surface area (Å²) in [5, 5.41) is 6.47. The smallest absolute Gasteiger partial charge is 0.0340 e. The highest BCUT2D eigenvalue weighted by Gasteiger charge is 2.12. The molecule has 0 atom stereocenters. The molecule has 84 valence electrons. The lowest BCUT2D eigenvalue weighted by Gasteiger charge is -2.19. The van der Waals surface area contributed by atoms with Gasteiger partial charge in [0.15, 0.2) is 0 Å². The number of hydrogen-bond acceptors (Lipinski definition) is 2. The number of benzene rings is 1. The Morgan fingerprint density at radius 1 is 1.00 bits per heavy atom. The predicted octanol–water partition coefficient (Wildman–Crippen LogP) is 2.62. The molecule has 2 N–H and O–H groups in total. The van der Waals surface area contributed by atoms with E-state index in [-0.39, 0.29) is 5.41 Å². The first-order valence-corrected chi connectivity index (χ1v) is 5.53. The zero-order valence-corrected chi connectivity index (χ0v) is 10.2. The minimum Gasteiger partial charge on any atom is -0.384 e. The normalized spacial score (nSPS) is 11.5. The molecule has 0 aliphatic heterocycles. The third-order valence-corrected chi connectivity index (χ3v) is 2.46. The fraction of sp³-hybridized carbons (Fsp3) is 0.538. The Morgan fingerprint density at radius 3 is 2.07 bits per heavy atom. The van der Waals surface area contributed by atoms with Crippen molar-refractivity contribution in [3.8, 4) is 0 Å². The average molecular weight is 206 g/mol. The van der Waals surface area contributed by atoms with Crippen LogP contribution in [0, 0.1) is 0 Å². The molecule has 0 amide bonds. The number of likely N-dealkylation sites (N-methyl/N-ethyl adjacent to an activating group) is 1. The van der Waals surface area contributed by atoms with E-state index in [1.54, 1.807) is 0 Å². The van der Waals surface area contributed by atoms with E-state index in [1.807, 2.05) is 7.05 Å². The van der Waals surface area contributed by atoms with E-state index in [2.05, 4.69) is 55.7 Å². The molecule has 2 heteroatoms. The van der Waals surface area contributed by atoms with Crippen molar-refractivity contribution in [1.29, 1.82) is 0 Å². The fourth-order valence-electron chi connectivity index (χ4n) is 1.42. The summed E-state index contributed by atoms with van der Waals surface area (Å²) in [6, 6.07) is 8.69. The second-order valence-electron chi connectivity index (χ2n) is 4.86. The van der Waals surface area contributed by atoms with Crippen molar-refractivity contribution < 1.29 is 0 Å². The lowest BCUT2D eigenvalue weighted by Crippen LogP contribution is -2.17. The maximum Gasteiger partial charge on any atom is 0.0340 e. The lowest BCUT2D eigenvalue weighted by atomic mass is 9.87. The van der Waals surface area contributed by atoms with Gasteiger partial charge >= 0.3 is 0 Å². The minimum absolute atomic E-state index is 0.240. The van der Waals surface area contributed by atoms with E-state index in [0.717, 1.165) is 13.1 Å². The summed E-state index contributed by atoms with van der Waals surface area (Å²) >= 11 is 0. The topological polar surface area (TPSA) is 24.1 Å². The molecule has 0 bridgehead atoms. The van der Waals surface area contributed by atoms with E-state index < -0.39 is 0 Å². The maximum atomic E-state index is 3.36. The number of hydrogen-bond donors (Lipinski definition) is 2. The van der Waals surface area contributed by atoms with Crippen LogP contribution in [0.2, 0.25) is 0 Å². The summed E-state index contributed by atoms with van der Waals surface area (Å²) in [5.74, 6) is 0. The number of rotatable bonds is 4. The van der Waals surface area contributed by atoms with Gasteiger partial charge in [0, 0.05) is 18.8 Å². The van der Waals surface area contributed by atoms with E-state index in [4.69, 9.17) is 0 Å². The van der Waals surface area contributed by atoms with E-state index in [1.165, 1.54) is 11.3 Å². The monoisotopic (exact) mass is 206 g/mol. The highest BCUT2D eigenvalue weighted by Crippen LogP contribution is 2.23. The zero-order chi connectivity index (χ0) is 11.3. The van der Waals surface area contributed by atoms with Gasteiger partial charge in [-0.05, 0) is 30.2 Å². The number of nitrogens with one attached hydrogen (secondary N) is 2. The summed E-state index contributed by atoms with van der Waals surface area (Å²) in [6.07, 6.45) is 0. The molecule has 0 aliphatic rings. The van der Waals surface area contributed by atoms with Crippen LogP contribution in [0.3, 0.4) is 0 Å². The average Bonchev–Trinajstić information content (AvgIpc) is 2.18. The number of anilines is 1. The highest BCUT2D eigenvalue weighted by molar-refractivity contribution is 5.45. The molecule has 0 radical (unpaired) electrons. The van der Waals surface area contributed by atoms with Crippen LogP contribution in [0.25, 0.3) is 0 Å². The van der Waals surface area contributed by atoms with Crippen molar-refractivity contribution in [3.63, 3.8) is 0 Å². The maximum absolute atomic E-state index is 3.36. The minimum atomic E-state index is 0.240. The van der Waals surface area contributed by atoms with Crippen LogP contribution in [-0.4, -0.2) is 20.1 Å². The van der Waals surface area contributed by atoms with Gasteiger partial charge in [-0.1, -0.05) is 32.9 Å². The van der Waals surface area contributed by atoms with E-state index >= 15 is 0 Å². The van der Waals surface area contributed by atoms with Gasteiger partial charge in [0.1, 0.15) is 0 Å². The molecule has 1 aromatic rings. The molecule has 1 aromatic carbocycles. The van der Waals surface area contributed by atoms with Gasteiger partial charge in [-0.15, -0.1) is 0 Å². The first-order chi connectivity index (χ1) is 7.04. The van der Waals surface area contributed by atoms with Gasteiger partial charge in [-0.2, -0.15) is 0 Å². The summed E-state index contributed by atoms with van der Waals surface area (Å²) < 4.78 is 0. The predicted molar refractivity (Wildman–Crippen MR) is 67.6 cm³/mol. The van der Waals surface area contributed by atoms with Crippen LogP contribution in [-0.2, 0) is 5.41 Å². The van der Waals surface area contributed by atoms with E-state index in [0.29, 0.717) is 0 Å². The van der Waals surface area contributed by atoms with Gasteiger partial charge in [-0.25, -0.2) is 0 Å². The summed E-state index contributed by atoms with van der Waals surface area (Å²) in [7, 11) is 1.96. The van der Waals surface area contributed by atoms with Gasteiger partial charge in [-0.3, -0.25) is 0 Å². The van der Waals surface area contributed by atoms with Crippen molar-refractivity contribution in [2.75, 3.05) is 25.5 Å². The Labute approximate surface area is 93.1 Å². The molecule has 0 unspecified atom stereocenters. The Bertz CT molecular complexity index is 282. The Morgan fingerprint density at radius 2 is 1.60 bits per heavy atom. The lowest BCUT2D eigenvalue weighted by molar-refractivity contribution is 0.590. The standard InChI is InChI=1S/C13H22N2/c1-13(2,3)11-5-7-12(8-6-11)15-10-9-14-4/h5-8,14-15H,9-10H2,1-4H3.